The number of aromatic nitrogens is 4. The van der Waals surface area contributed by atoms with E-state index in [9.17, 15) is 9.18 Å². The highest BCUT2D eigenvalue weighted by molar-refractivity contribution is 5.89. The SMILES string of the molecule is CCOc1ccc(NC(=O)NCc2nnnn2-c2cccc(F)c2)cc1. The van der Waals surface area contributed by atoms with E-state index >= 15 is 0 Å². The van der Waals surface area contributed by atoms with Crippen LogP contribution < -0.4 is 15.4 Å². The monoisotopic (exact) mass is 356 g/mol. The Bertz CT molecular complexity index is 881. The van der Waals surface area contributed by atoms with Gasteiger partial charge in [0.2, 0.25) is 0 Å². The average Bonchev–Trinajstić information content (AvgIpc) is 3.10. The van der Waals surface area contributed by atoms with E-state index in [1.807, 2.05) is 6.92 Å². The molecule has 0 radical (unpaired) electrons. The van der Waals surface area contributed by atoms with Crippen molar-refractivity contribution in [2.75, 3.05) is 11.9 Å². The van der Waals surface area contributed by atoms with Gasteiger partial charge in [-0.1, -0.05) is 6.07 Å². The minimum atomic E-state index is -0.414. The summed E-state index contributed by atoms with van der Waals surface area (Å²) in [5.41, 5.74) is 1.09. The molecule has 9 heteroatoms. The van der Waals surface area contributed by atoms with E-state index in [-0.39, 0.29) is 6.54 Å². The van der Waals surface area contributed by atoms with Crippen molar-refractivity contribution in [3.8, 4) is 11.4 Å². The molecule has 0 bridgehead atoms. The minimum absolute atomic E-state index is 0.0758. The van der Waals surface area contributed by atoms with Gasteiger partial charge in [-0.3, -0.25) is 0 Å². The molecule has 1 heterocycles. The van der Waals surface area contributed by atoms with E-state index in [1.165, 1.54) is 16.8 Å². The Labute approximate surface area is 149 Å². The number of rotatable bonds is 6. The van der Waals surface area contributed by atoms with Crippen LogP contribution in [0.4, 0.5) is 14.9 Å². The summed E-state index contributed by atoms with van der Waals surface area (Å²) in [6, 6.07) is 12.5. The van der Waals surface area contributed by atoms with Crippen molar-refractivity contribution in [3.05, 3.63) is 60.2 Å². The van der Waals surface area contributed by atoms with Crippen molar-refractivity contribution in [1.29, 1.82) is 0 Å². The quantitative estimate of drug-likeness (QED) is 0.708. The summed E-state index contributed by atoms with van der Waals surface area (Å²) in [6.07, 6.45) is 0. The van der Waals surface area contributed by atoms with Gasteiger partial charge >= 0.3 is 6.03 Å². The largest absolute Gasteiger partial charge is 0.494 e. The number of hydrogen-bond acceptors (Lipinski definition) is 5. The first-order chi connectivity index (χ1) is 12.7. The van der Waals surface area contributed by atoms with Gasteiger partial charge in [-0.15, -0.1) is 5.10 Å². The maximum Gasteiger partial charge on any atom is 0.319 e. The fourth-order valence-electron chi connectivity index (χ4n) is 2.26. The van der Waals surface area contributed by atoms with Gasteiger partial charge < -0.3 is 15.4 Å². The first kappa shape index (κ1) is 17.3. The van der Waals surface area contributed by atoms with E-state index in [1.54, 1.807) is 36.4 Å². The minimum Gasteiger partial charge on any atom is -0.494 e. The van der Waals surface area contributed by atoms with E-state index in [0.29, 0.717) is 23.8 Å². The van der Waals surface area contributed by atoms with E-state index in [0.717, 1.165) is 5.75 Å². The van der Waals surface area contributed by atoms with Crippen LogP contribution in [0.25, 0.3) is 5.69 Å². The number of amides is 2. The van der Waals surface area contributed by atoms with Crippen LogP contribution in [-0.2, 0) is 6.54 Å². The Morgan fingerprint density at radius 1 is 1.23 bits per heavy atom. The Balaban J connectivity index is 1.59. The third kappa shape index (κ3) is 4.32. The van der Waals surface area contributed by atoms with Gasteiger partial charge in [0, 0.05) is 5.69 Å². The number of tetrazole rings is 1. The number of nitrogens with zero attached hydrogens (tertiary/aromatic N) is 4. The fourth-order valence-corrected chi connectivity index (χ4v) is 2.26. The summed E-state index contributed by atoms with van der Waals surface area (Å²) in [4.78, 5) is 12.0. The van der Waals surface area contributed by atoms with Crippen molar-refractivity contribution in [3.63, 3.8) is 0 Å². The van der Waals surface area contributed by atoms with Crippen LogP contribution in [-0.4, -0.2) is 32.8 Å². The molecule has 0 aliphatic rings. The Kier molecular flexibility index (Phi) is 5.37. The topological polar surface area (TPSA) is 94.0 Å². The lowest BCUT2D eigenvalue weighted by atomic mass is 10.3. The zero-order chi connectivity index (χ0) is 18.4. The van der Waals surface area contributed by atoms with Crippen LogP contribution >= 0.6 is 0 Å². The number of carbonyl (C=O) groups excluding carboxylic acids is 1. The fraction of sp³-hybridized carbons (Fsp3) is 0.176. The van der Waals surface area contributed by atoms with Crippen LogP contribution in [0.1, 0.15) is 12.7 Å². The number of carbonyl (C=O) groups is 1. The zero-order valence-electron chi connectivity index (χ0n) is 14.0. The molecule has 0 atom stereocenters. The number of ether oxygens (including phenoxy) is 1. The van der Waals surface area contributed by atoms with Crippen molar-refractivity contribution in [2.45, 2.75) is 13.5 Å². The molecule has 26 heavy (non-hydrogen) atoms. The van der Waals surface area contributed by atoms with Crippen LogP contribution in [0, 0.1) is 5.82 Å². The molecule has 8 nitrogen and oxygen atoms in total. The molecular formula is C17H17FN6O2. The second-order valence-electron chi connectivity index (χ2n) is 5.25. The molecule has 2 amide bonds. The molecule has 0 saturated heterocycles. The van der Waals surface area contributed by atoms with Gasteiger partial charge in [-0.05, 0) is 59.8 Å². The third-order valence-corrected chi connectivity index (χ3v) is 3.42. The summed E-state index contributed by atoms with van der Waals surface area (Å²) in [5.74, 6) is 0.704. The second kappa shape index (κ2) is 8.06. The summed E-state index contributed by atoms with van der Waals surface area (Å²) in [7, 11) is 0. The molecule has 0 aliphatic heterocycles. The lowest BCUT2D eigenvalue weighted by molar-refractivity contribution is 0.251. The van der Waals surface area contributed by atoms with Gasteiger partial charge in [0.15, 0.2) is 5.82 Å². The van der Waals surface area contributed by atoms with Crippen molar-refractivity contribution < 1.29 is 13.9 Å². The predicted octanol–water partition coefficient (Wildman–Crippen LogP) is 2.52. The van der Waals surface area contributed by atoms with Gasteiger partial charge in [0.05, 0.1) is 18.8 Å². The smallest absolute Gasteiger partial charge is 0.319 e. The molecule has 1 aromatic heterocycles. The highest BCUT2D eigenvalue weighted by Gasteiger charge is 2.10. The van der Waals surface area contributed by atoms with Gasteiger partial charge in [0.25, 0.3) is 0 Å². The molecule has 0 fully saturated rings. The maximum absolute atomic E-state index is 13.4. The van der Waals surface area contributed by atoms with Crippen molar-refractivity contribution >= 4 is 11.7 Å². The molecule has 0 unspecified atom stereocenters. The Hall–Kier alpha value is -3.49. The summed E-state index contributed by atoms with van der Waals surface area (Å²) in [5, 5.41) is 16.6. The normalized spacial score (nSPS) is 10.4. The number of anilines is 1. The average molecular weight is 356 g/mol. The molecule has 2 N–H and O–H groups in total. The molecule has 3 rings (SSSR count). The zero-order valence-corrected chi connectivity index (χ0v) is 14.0. The highest BCUT2D eigenvalue weighted by Crippen LogP contribution is 2.15. The van der Waals surface area contributed by atoms with Crippen LogP contribution in [0.2, 0.25) is 0 Å². The van der Waals surface area contributed by atoms with Crippen LogP contribution in [0.5, 0.6) is 5.75 Å². The maximum atomic E-state index is 13.4. The third-order valence-electron chi connectivity index (χ3n) is 3.42. The number of hydrogen-bond donors (Lipinski definition) is 2. The predicted molar refractivity (Wildman–Crippen MR) is 92.6 cm³/mol. The van der Waals surface area contributed by atoms with E-state index in [2.05, 4.69) is 26.2 Å². The number of urea groups is 1. The van der Waals surface area contributed by atoms with Gasteiger partial charge in [-0.2, -0.15) is 4.68 Å². The molecule has 0 saturated carbocycles. The number of halogens is 1. The first-order valence-corrected chi connectivity index (χ1v) is 7.96. The van der Waals surface area contributed by atoms with Crippen molar-refractivity contribution in [2.24, 2.45) is 0 Å². The molecule has 3 aromatic rings. The second-order valence-corrected chi connectivity index (χ2v) is 5.25. The molecule has 2 aromatic carbocycles. The summed E-state index contributed by atoms with van der Waals surface area (Å²) < 4.78 is 20.1. The Morgan fingerprint density at radius 3 is 2.77 bits per heavy atom. The summed E-state index contributed by atoms with van der Waals surface area (Å²) in [6.45, 7) is 2.55. The standard InChI is InChI=1S/C17H17FN6O2/c1-2-26-15-8-6-13(7-9-15)20-17(25)19-11-16-21-22-23-24(16)14-5-3-4-12(18)10-14/h3-10H,2,11H2,1H3,(H2,19,20,25). The number of benzene rings is 2. The first-order valence-electron chi connectivity index (χ1n) is 7.96. The van der Waals surface area contributed by atoms with Gasteiger partial charge in [-0.25, -0.2) is 9.18 Å². The van der Waals surface area contributed by atoms with Crippen LogP contribution in [0.3, 0.4) is 0 Å². The summed E-state index contributed by atoms with van der Waals surface area (Å²) >= 11 is 0. The van der Waals surface area contributed by atoms with E-state index < -0.39 is 11.8 Å². The number of nitrogens with one attached hydrogen (secondary N) is 2. The van der Waals surface area contributed by atoms with E-state index in [4.69, 9.17) is 4.74 Å². The van der Waals surface area contributed by atoms with Crippen molar-refractivity contribution in [1.82, 2.24) is 25.5 Å². The molecule has 0 aliphatic carbocycles. The molecular weight excluding hydrogens is 339 g/mol. The molecule has 0 spiro atoms. The lowest BCUT2D eigenvalue weighted by Crippen LogP contribution is -2.29. The molecule has 134 valence electrons. The Morgan fingerprint density at radius 2 is 2.04 bits per heavy atom. The lowest BCUT2D eigenvalue weighted by Gasteiger charge is -2.09. The van der Waals surface area contributed by atoms with Crippen LogP contribution in [0.15, 0.2) is 48.5 Å². The van der Waals surface area contributed by atoms with Gasteiger partial charge in [0.1, 0.15) is 11.6 Å². The highest BCUT2D eigenvalue weighted by atomic mass is 19.1.